The minimum absolute atomic E-state index is 0.679. The fraction of sp³-hybridized carbons (Fsp3) is 0.762. The monoisotopic (exact) mass is 338 g/mol. The van der Waals surface area contributed by atoms with Crippen molar-refractivity contribution in [3.63, 3.8) is 0 Å². The van der Waals surface area contributed by atoms with E-state index in [1.807, 2.05) is 6.20 Å². The molecule has 6 rings (SSSR count). The second kappa shape index (κ2) is 5.12. The SMILES string of the molecule is CN1CCN(c2ccnc(NC3C4C[C@@H]5C[C@H]6C[C@H]3CC56C4)c2)CC1. The lowest BCUT2D eigenvalue weighted by Gasteiger charge is -2.49. The van der Waals surface area contributed by atoms with Gasteiger partial charge < -0.3 is 15.1 Å². The Hall–Kier alpha value is -1.29. The Bertz CT molecular complexity index is 656. The maximum Gasteiger partial charge on any atom is 0.128 e. The molecule has 25 heavy (non-hydrogen) atoms. The first-order valence-electron chi connectivity index (χ1n) is 10.4. The first-order valence-corrected chi connectivity index (χ1v) is 10.4. The van der Waals surface area contributed by atoms with E-state index in [0.29, 0.717) is 6.04 Å². The summed E-state index contributed by atoms with van der Waals surface area (Å²) in [5, 5.41) is 3.91. The van der Waals surface area contributed by atoms with Crippen molar-refractivity contribution < 1.29 is 0 Å². The third kappa shape index (κ3) is 2.06. The van der Waals surface area contributed by atoms with E-state index >= 15 is 0 Å². The number of fused-ring (bicyclic) bond motifs is 2. The number of nitrogens with zero attached hydrogens (tertiary/aromatic N) is 3. The molecule has 4 saturated carbocycles. The molecule has 1 aromatic heterocycles. The quantitative estimate of drug-likeness (QED) is 0.918. The second-order valence-electron chi connectivity index (χ2n) is 9.62. The molecule has 0 amide bonds. The molecule has 3 unspecified atom stereocenters. The summed E-state index contributed by atoms with van der Waals surface area (Å²) in [7, 11) is 2.22. The second-order valence-corrected chi connectivity index (χ2v) is 9.62. The van der Waals surface area contributed by atoms with Crippen molar-refractivity contribution >= 4 is 11.5 Å². The fourth-order valence-corrected chi connectivity index (χ4v) is 7.37. The Morgan fingerprint density at radius 1 is 1.04 bits per heavy atom. The molecule has 2 heterocycles. The van der Waals surface area contributed by atoms with E-state index in [2.05, 4.69) is 39.3 Å². The molecule has 0 radical (unpaired) electrons. The molecule has 4 heteroatoms. The van der Waals surface area contributed by atoms with Gasteiger partial charge in [0.2, 0.25) is 0 Å². The number of aromatic nitrogens is 1. The molecule has 4 nitrogen and oxygen atoms in total. The highest BCUT2D eigenvalue weighted by Crippen LogP contribution is 2.75. The number of pyridine rings is 1. The highest BCUT2D eigenvalue weighted by atomic mass is 15.2. The topological polar surface area (TPSA) is 31.4 Å². The van der Waals surface area contributed by atoms with Crippen LogP contribution in [0.15, 0.2) is 18.3 Å². The number of anilines is 2. The molecule has 1 saturated heterocycles. The standard InChI is InChI=1S/C21H30N4/c1-24-4-6-25(7-5-24)18-2-3-22-19(11-18)23-20-14-8-16-10-17-9-15(20)13-21(16,17)12-14/h2-3,11,14-17,20H,4-10,12-13H2,1H3,(H,22,23)/t14-,15?,16+,17+,20?,21?/m0/s1. The molecule has 1 aliphatic heterocycles. The molecule has 134 valence electrons. The van der Waals surface area contributed by atoms with Crippen molar-refractivity contribution in [1.82, 2.24) is 9.88 Å². The minimum Gasteiger partial charge on any atom is -0.369 e. The van der Waals surface area contributed by atoms with Gasteiger partial charge in [-0.05, 0) is 74.3 Å². The van der Waals surface area contributed by atoms with Crippen LogP contribution in [0.1, 0.15) is 32.1 Å². The van der Waals surface area contributed by atoms with Crippen LogP contribution in [0.25, 0.3) is 0 Å². The first-order chi connectivity index (χ1) is 12.2. The van der Waals surface area contributed by atoms with Crippen molar-refractivity contribution in [3.8, 4) is 0 Å². The average Bonchev–Trinajstić information content (AvgIpc) is 3.01. The zero-order valence-corrected chi connectivity index (χ0v) is 15.3. The number of piperazine rings is 1. The van der Waals surface area contributed by atoms with Crippen LogP contribution in [-0.4, -0.2) is 49.2 Å². The van der Waals surface area contributed by atoms with Crippen LogP contribution >= 0.6 is 0 Å². The average molecular weight is 338 g/mol. The third-order valence-corrected chi connectivity index (χ3v) is 8.60. The van der Waals surface area contributed by atoms with Crippen LogP contribution in [0.2, 0.25) is 0 Å². The van der Waals surface area contributed by atoms with Gasteiger partial charge in [-0.1, -0.05) is 0 Å². The van der Waals surface area contributed by atoms with Crippen LogP contribution in [0.5, 0.6) is 0 Å². The molecule has 5 aliphatic rings. The maximum atomic E-state index is 4.69. The highest BCUT2D eigenvalue weighted by molar-refractivity contribution is 5.54. The molecule has 6 atom stereocenters. The van der Waals surface area contributed by atoms with E-state index in [4.69, 9.17) is 0 Å². The van der Waals surface area contributed by atoms with E-state index in [0.717, 1.165) is 61.1 Å². The van der Waals surface area contributed by atoms with Crippen LogP contribution in [0, 0.1) is 29.1 Å². The van der Waals surface area contributed by atoms with Crippen molar-refractivity contribution in [2.45, 2.75) is 38.1 Å². The number of hydrogen-bond acceptors (Lipinski definition) is 4. The summed E-state index contributed by atoms with van der Waals surface area (Å²) < 4.78 is 0. The van der Waals surface area contributed by atoms with Crippen molar-refractivity contribution in [1.29, 1.82) is 0 Å². The smallest absolute Gasteiger partial charge is 0.128 e. The van der Waals surface area contributed by atoms with E-state index in [1.54, 1.807) is 6.42 Å². The van der Waals surface area contributed by atoms with Crippen LogP contribution in [0.3, 0.4) is 0 Å². The molecule has 0 aromatic carbocycles. The highest BCUT2D eigenvalue weighted by Gasteiger charge is 2.68. The Balaban J connectivity index is 1.21. The number of likely N-dealkylation sites (N-methyl/N-ethyl adjacent to an activating group) is 1. The van der Waals surface area contributed by atoms with Crippen LogP contribution in [-0.2, 0) is 0 Å². The summed E-state index contributed by atoms with van der Waals surface area (Å²) in [4.78, 5) is 9.61. The lowest BCUT2D eigenvalue weighted by atomic mass is 9.56. The molecule has 1 N–H and O–H groups in total. The lowest BCUT2D eigenvalue weighted by molar-refractivity contribution is 0.000283. The van der Waals surface area contributed by atoms with Crippen molar-refractivity contribution in [2.75, 3.05) is 43.4 Å². The first kappa shape index (κ1) is 14.8. The third-order valence-electron chi connectivity index (χ3n) is 8.60. The number of hydrogen-bond donors (Lipinski definition) is 1. The molecular weight excluding hydrogens is 308 g/mol. The Labute approximate surface area is 151 Å². The van der Waals surface area contributed by atoms with Crippen LogP contribution in [0.4, 0.5) is 11.5 Å². The summed E-state index contributed by atoms with van der Waals surface area (Å²) in [5.41, 5.74) is 2.15. The molecule has 4 aliphatic carbocycles. The fourth-order valence-electron chi connectivity index (χ4n) is 7.37. The zero-order valence-electron chi connectivity index (χ0n) is 15.3. The summed E-state index contributed by atoms with van der Waals surface area (Å²) in [6, 6.07) is 5.17. The molecular formula is C21H30N4. The van der Waals surface area contributed by atoms with Gasteiger partial charge in [0, 0.05) is 50.2 Å². The van der Waals surface area contributed by atoms with E-state index in [-0.39, 0.29) is 0 Å². The van der Waals surface area contributed by atoms with E-state index < -0.39 is 0 Å². The van der Waals surface area contributed by atoms with Gasteiger partial charge in [-0.15, -0.1) is 0 Å². The Morgan fingerprint density at radius 3 is 2.48 bits per heavy atom. The van der Waals surface area contributed by atoms with E-state index in [9.17, 15) is 0 Å². The molecule has 1 aromatic rings. The van der Waals surface area contributed by atoms with Gasteiger partial charge in [0.1, 0.15) is 5.82 Å². The van der Waals surface area contributed by atoms with Gasteiger partial charge in [-0.2, -0.15) is 0 Å². The molecule has 1 spiro atoms. The van der Waals surface area contributed by atoms with Crippen LogP contribution < -0.4 is 10.2 Å². The number of nitrogens with one attached hydrogen (secondary N) is 1. The summed E-state index contributed by atoms with van der Waals surface area (Å²) in [6.07, 6.45) is 9.55. The Kier molecular flexibility index (Phi) is 3.04. The molecule has 5 fully saturated rings. The molecule has 3 bridgehead atoms. The largest absolute Gasteiger partial charge is 0.369 e. The van der Waals surface area contributed by atoms with Gasteiger partial charge in [0.05, 0.1) is 0 Å². The van der Waals surface area contributed by atoms with E-state index in [1.165, 1.54) is 31.4 Å². The normalized spacial score (nSPS) is 44.7. The Morgan fingerprint density at radius 2 is 1.76 bits per heavy atom. The van der Waals surface area contributed by atoms with Gasteiger partial charge in [-0.25, -0.2) is 4.98 Å². The van der Waals surface area contributed by atoms with Gasteiger partial charge in [-0.3, -0.25) is 0 Å². The van der Waals surface area contributed by atoms with Gasteiger partial charge in [0.15, 0.2) is 0 Å². The van der Waals surface area contributed by atoms with Gasteiger partial charge >= 0.3 is 0 Å². The van der Waals surface area contributed by atoms with Crippen molar-refractivity contribution in [2.24, 2.45) is 29.1 Å². The van der Waals surface area contributed by atoms with Gasteiger partial charge in [0.25, 0.3) is 0 Å². The summed E-state index contributed by atoms with van der Waals surface area (Å²) in [5.74, 6) is 5.07. The minimum atomic E-state index is 0.679. The predicted octanol–water partition coefficient (Wildman–Crippen LogP) is 3.07. The van der Waals surface area contributed by atoms with Crippen molar-refractivity contribution in [3.05, 3.63) is 18.3 Å². The maximum absolute atomic E-state index is 4.69. The lowest BCUT2D eigenvalue weighted by Crippen LogP contribution is -2.44. The zero-order chi connectivity index (χ0) is 16.6. The summed E-state index contributed by atoms with van der Waals surface area (Å²) in [6.45, 7) is 4.56. The predicted molar refractivity (Wildman–Crippen MR) is 101 cm³/mol. The number of rotatable bonds is 3. The summed E-state index contributed by atoms with van der Waals surface area (Å²) >= 11 is 0.